The maximum atomic E-state index is 5.28. The molecule has 4 nitrogen and oxygen atoms in total. The van der Waals surface area contributed by atoms with Crippen molar-refractivity contribution in [2.75, 3.05) is 7.05 Å². The van der Waals surface area contributed by atoms with Crippen LogP contribution in [0.5, 0.6) is 0 Å². The van der Waals surface area contributed by atoms with Crippen molar-refractivity contribution in [2.24, 2.45) is 4.99 Å². The summed E-state index contributed by atoms with van der Waals surface area (Å²) in [7, 11) is 1.79. The maximum Gasteiger partial charge on any atom is 0.191 e. The number of furan rings is 1. The number of guanidine groups is 1. The first kappa shape index (κ1) is 19.3. The van der Waals surface area contributed by atoms with Gasteiger partial charge in [0.2, 0.25) is 0 Å². The highest BCUT2D eigenvalue weighted by Crippen LogP contribution is 2.05. The molecule has 2 N–H and O–H groups in total. The Hall–Kier alpha value is -0.720. The van der Waals surface area contributed by atoms with Crippen LogP contribution >= 0.6 is 24.0 Å². The summed E-state index contributed by atoms with van der Waals surface area (Å²) in [5, 5.41) is 6.65. The molecule has 0 aromatic carbocycles. The van der Waals surface area contributed by atoms with Crippen LogP contribution in [0, 0.1) is 0 Å². The fourth-order valence-corrected chi connectivity index (χ4v) is 1.96. The summed E-state index contributed by atoms with van der Waals surface area (Å²) < 4.78 is 5.28. The average Bonchev–Trinajstić information content (AvgIpc) is 2.92. The van der Waals surface area contributed by atoms with E-state index in [1.54, 1.807) is 13.3 Å². The number of unbranched alkanes of at least 4 members (excludes halogenated alkanes) is 3. The Morgan fingerprint density at radius 3 is 2.75 bits per heavy atom. The van der Waals surface area contributed by atoms with Crippen LogP contribution in [0.25, 0.3) is 0 Å². The number of hydrogen-bond donors (Lipinski definition) is 2. The SMILES string of the molecule is CCCCCCC(C)NC(=NC)NCc1ccco1.I. The molecule has 5 heteroatoms. The molecule has 0 fully saturated rings. The number of hydrogen-bond acceptors (Lipinski definition) is 2. The first-order valence-corrected chi connectivity index (χ1v) is 7.25. The largest absolute Gasteiger partial charge is 0.467 e. The standard InChI is InChI=1S/C15H27N3O.HI/c1-4-5-6-7-9-13(2)18-15(16-3)17-12-14-10-8-11-19-14;/h8,10-11,13H,4-7,9,12H2,1-3H3,(H2,16,17,18);1H. The van der Waals surface area contributed by atoms with E-state index in [9.17, 15) is 0 Å². The van der Waals surface area contributed by atoms with Crippen LogP contribution < -0.4 is 10.6 Å². The van der Waals surface area contributed by atoms with E-state index in [1.807, 2.05) is 12.1 Å². The van der Waals surface area contributed by atoms with Gasteiger partial charge in [0.15, 0.2) is 5.96 Å². The molecule has 1 heterocycles. The molecule has 0 saturated heterocycles. The quantitative estimate of drug-likeness (QED) is 0.305. The Kier molecular flexibility index (Phi) is 11.6. The first-order chi connectivity index (χ1) is 9.26. The smallest absolute Gasteiger partial charge is 0.191 e. The van der Waals surface area contributed by atoms with Crippen LogP contribution in [0.2, 0.25) is 0 Å². The van der Waals surface area contributed by atoms with E-state index < -0.39 is 0 Å². The monoisotopic (exact) mass is 393 g/mol. The highest BCUT2D eigenvalue weighted by atomic mass is 127. The predicted octanol–water partition coefficient (Wildman–Crippen LogP) is 3.92. The van der Waals surface area contributed by atoms with Gasteiger partial charge in [0.05, 0.1) is 12.8 Å². The molecule has 0 saturated carbocycles. The predicted molar refractivity (Wildman–Crippen MR) is 95.7 cm³/mol. The van der Waals surface area contributed by atoms with Crippen molar-refractivity contribution in [3.63, 3.8) is 0 Å². The number of nitrogens with one attached hydrogen (secondary N) is 2. The van der Waals surface area contributed by atoms with E-state index in [-0.39, 0.29) is 24.0 Å². The summed E-state index contributed by atoms with van der Waals surface area (Å²) in [6, 6.07) is 4.29. The maximum absolute atomic E-state index is 5.28. The third kappa shape index (κ3) is 8.45. The zero-order chi connectivity index (χ0) is 13.9. The van der Waals surface area contributed by atoms with Gasteiger partial charge in [0.1, 0.15) is 5.76 Å². The number of aliphatic imine (C=N–C) groups is 1. The molecule has 0 aliphatic carbocycles. The second kappa shape index (κ2) is 12.1. The second-order valence-electron chi connectivity index (χ2n) is 4.90. The molecule has 0 aliphatic rings. The van der Waals surface area contributed by atoms with Crippen LogP contribution in [0.3, 0.4) is 0 Å². The molecular weight excluding hydrogens is 365 g/mol. The normalized spacial score (nSPS) is 12.7. The van der Waals surface area contributed by atoms with Crippen molar-refractivity contribution in [3.8, 4) is 0 Å². The van der Waals surface area contributed by atoms with Crippen LogP contribution in [0.15, 0.2) is 27.8 Å². The Balaban J connectivity index is 0.00000361. The molecule has 1 atom stereocenters. The molecule has 116 valence electrons. The highest BCUT2D eigenvalue weighted by Gasteiger charge is 2.05. The van der Waals surface area contributed by atoms with E-state index in [4.69, 9.17) is 4.42 Å². The zero-order valence-corrected chi connectivity index (χ0v) is 15.1. The van der Waals surface area contributed by atoms with Gasteiger partial charge in [-0.25, -0.2) is 0 Å². The average molecular weight is 393 g/mol. The topological polar surface area (TPSA) is 49.6 Å². The van der Waals surface area contributed by atoms with Gasteiger partial charge in [-0.3, -0.25) is 4.99 Å². The van der Waals surface area contributed by atoms with Crippen LogP contribution in [-0.4, -0.2) is 19.0 Å². The van der Waals surface area contributed by atoms with Crippen LogP contribution in [0.4, 0.5) is 0 Å². The van der Waals surface area contributed by atoms with Crippen molar-refractivity contribution < 1.29 is 4.42 Å². The molecule has 1 unspecified atom stereocenters. The Morgan fingerprint density at radius 1 is 1.35 bits per heavy atom. The van der Waals surface area contributed by atoms with Gasteiger partial charge < -0.3 is 15.1 Å². The molecule has 0 bridgehead atoms. The lowest BCUT2D eigenvalue weighted by atomic mass is 10.1. The van der Waals surface area contributed by atoms with Crippen molar-refractivity contribution in [2.45, 2.75) is 58.5 Å². The van der Waals surface area contributed by atoms with E-state index in [0.29, 0.717) is 12.6 Å². The summed E-state index contributed by atoms with van der Waals surface area (Å²) >= 11 is 0. The van der Waals surface area contributed by atoms with Gasteiger partial charge in [0, 0.05) is 13.1 Å². The van der Waals surface area contributed by atoms with Crippen LogP contribution in [0.1, 0.15) is 51.7 Å². The summed E-state index contributed by atoms with van der Waals surface area (Å²) in [6.07, 6.45) is 8.08. The fraction of sp³-hybridized carbons (Fsp3) is 0.667. The minimum absolute atomic E-state index is 0. The van der Waals surface area contributed by atoms with Crippen LogP contribution in [-0.2, 0) is 6.54 Å². The molecule has 0 radical (unpaired) electrons. The molecule has 1 aromatic rings. The van der Waals surface area contributed by atoms with Gasteiger partial charge in [-0.05, 0) is 25.5 Å². The second-order valence-corrected chi connectivity index (χ2v) is 4.90. The third-order valence-corrected chi connectivity index (χ3v) is 3.11. The van der Waals surface area contributed by atoms with E-state index in [2.05, 4.69) is 29.5 Å². The van der Waals surface area contributed by atoms with Crippen molar-refractivity contribution in [3.05, 3.63) is 24.2 Å². The van der Waals surface area contributed by atoms with Crippen molar-refractivity contribution in [1.29, 1.82) is 0 Å². The zero-order valence-electron chi connectivity index (χ0n) is 12.8. The lowest BCUT2D eigenvalue weighted by Crippen LogP contribution is -2.41. The van der Waals surface area contributed by atoms with E-state index in [0.717, 1.165) is 11.7 Å². The number of halogens is 1. The Labute approximate surface area is 139 Å². The van der Waals surface area contributed by atoms with Gasteiger partial charge in [0.25, 0.3) is 0 Å². The molecule has 0 aliphatic heterocycles. The van der Waals surface area contributed by atoms with Crippen molar-refractivity contribution in [1.82, 2.24) is 10.6 Å². The lowest BCUT2D eigenvalue weighted by molar-refractivity contribution is 0.496. The lowest BCUT2D eigenvalue weighted by Gasteiger charge is -2.17. The van der Waals surface area contributed by atoms with Gasteiger partial charge in [-0.1, -0.05) is 32.6 Å². The highest BCUT2D eigenvalue weighted by molar-refractivity contribution is 14.0. The van der Waals surface area contributed by atoms with Gasteiger partial charge in [-0.2, -0.15) is 0 Å². The minimum atomic E-state index is 0. The summed E-state index contributed by atoms with van der Waals surface area (Å²) in [5.41, 5.74) is 0. The minimum Gasteiger partial charge on any atom is -0.467 e. The third-order valence-electron chi connectivity index (χ3n) is 3.11. The molecule has 20 heavy (non-hydrogen) atoms. The summed E-state index contributed by atoms with van der Waals surface area (Å²) in [4.78, 5) is 4.22. The molecule has 0 spiro atoms. The van der Waals surface area contributed by atoms with E-state index >= 15 is 0 Å². The number of rotatable bonds is 8. The summed E-state index contributed by atoms with van der Waals surface area (Å²) in [6.45, 7) is 5.10. The van der Waals surface area contributed by atoms with Crippen molar-refractivity contribution >= 4 is 29.9 Å². The fourth-order valence-electron chi connectivity index (χ4n) is 1.96. The summed E-state index contributed by atoms with van der Waals surface area (Å²) in [5.74, 6) is 1.75. The van der Waals surface area contributed by atoms with E-state index in [1.165, 1.54) is 32.1 Å². The number of nitrogens with zero attached hydrogens (tertiary/aromatic N) is 1. The Bertz CT molecular complexity index is 352. The molecule has 1 rings (SSSR count). The molecule has 1 aromatic heterocycles. The Morgan fingerprint density at radius 2 is 2.15 bits per heavy atom. The molecule has 0 amide bonds. The van der Waals surface area contributed by atoms with Gasteiger partial charge in [-0.15, -0.1) is 24.0 Å². The first-order valence-electron chi connectivity index (χ1n) is 7.25. The molecular formula is C15H28IN3O. The van der Waals surface area contributed by atoms with Gasteiger partial charge >= 0.3 is 0 Å².